The fourth-order valence-electron chi connectivity index (χ4n) is 1.48. The van der Waals surface area contributed by atoms with Gasteiger partial charge in [-0.1, -0.05) is 11.6 Å². The largest absolute Gasteiger partial charge is 0.395 e. The van der Waals surface area contributed by atoms with Crippen LogP contribution in [-0.2, 0) is 0 Å². The summed E-state index contributed by atoms with van der Waals surface area (Å²) in [6.45, 7) is 5.83. The molecule has 1 heterocycles. The lowest BCUT2D eigenvalue weighted by Crippen LogP contribution is -2.31. The van der Waals surface area contributed by atoms with Crippen molar-refractivity contribution >= 4 is 29.2 Å². The van der Waals surface area contributed by atoms with E-state index >= 15 is 0 Å². The molecule has 1 aromatic rings. The molecule has 0 spiro atoms. The van der Waals surface area contributed by atoms with Gasteiger partial charge in [0.1, 0.15) is 16.8 Å². The molecule has 1 aromatic heterocycles. The van der Waals surface area contributed by atoms with Crippen molar-refractivity contribution < 1.29 is 5.11 Å². The molecule has 0 bridgehead atoms. The lowest BCUT2D eigenvalue weighted by atomic mass is 10.2. The second kappa shape index (κ2) is 6.42. The van der Waals surface area contributed by atoms with Gasteiger partial charge in [-0.2, -0.15) is 11.8 Å². The first-order chi connectivity index (χ1) is 7.99. The second-order valence-electron chi connectivity index (χ2n) is 3.92. The Morgan fingerprint density at radius 3 is 2.59 bits per heavy atom. The number of thioether (sulfide) groups is 1. The van der Waals surface area contributed by atoms with Crippen molar-refractivity contribution in [1.29, 1.82) is 0 Å². The molecule has 4 nitrogen and oxygen atoms in total. The third-order valence-corrected chi connectivity index (χ3v) is 4.13. The van der Waals surface area contributed by atoms with Crippen molar-refractivity contribution in [3.05, 3.63) is 16.5 Å². The van der Waals surface area contributed by atoms with Crippen LogP contribution < -0.4 is 5.32 Å². The number of rotatable bonds is 5. The highest BCUT2D eigenvalue weighted by Crippen LogP contribution is 2.22. The van der Waals surface area contributed by atoms with Crippen LogP contribution in [0.5, 0.6) is 0 Å². The van der Waals surface area contributed by atoms with E-state index in [1.165, 1.54) is 0 Å². The maximum absolute atomic E-state index is 9.23. The predicted octanol–water partition coefficient (Wildman–Crippen LogP) is 2.27. The molecule has 0 aromatic carbocycles. The molecule has 2 atom stereocenters. The zero-order valence-corrected chi connectivity index (χ0v) is 12.1. The first-order valence-electron chi connectivity index (χ1n) is 5.40. The minimum absolute atomic E-state index is 0.110. The van der Waals surface area contributed by atoms with Crippen LogP contribution in [0.2, 0.25) is 5.15 Å². The first-order valence-corrected chi connectivity index (χ1v) is 7.07. The lowest BCUT2D eigenvalue weighted by molar-refractivity contribution is 0.288. The highest BCUT2D eigenvalue weighted by molar-refractivity contribution is 7.99. The molecule has 0 aliphatic carbocycles. The maximum atomic E-state index is 9.23. The highest BCUT2D eigenvalue weighted by Gasteiger charge is 2.17. The monoisotopic (exact) mass is 275 g/mol. The average Bonchev–Trinajstić information content (AvgIpc) is 2.27. The number of aromatic nitrogens is 2. The molecule has 0 fully saturated rings. The Bertz CT molecular complexity index is 385. The van der Waals surface area contributed by atoms with E-state index in [0.29, 0.717) is 11.0 Å². The summed E-state index contributed by atoms with van der Waals surface area (Å²) in [4.78, 5) is 8.41. The van der Waals surface area contributed by atoms with Gasteiger partial charge in [0.2, 0.25) is 0 Å². The van der Waals surface area contributed by atoms with Crippen molar-refractivity contribution in [2.75, 3.05) is 18.2 Å². The van der Waals surface area contributed by atoms with Gasteiger partial charge >= 0.3 is 0 Å². The molecule has 96 valence electrons. The van der Waals surface area contributed by atoms with Crippen molar-refractivity contribution in [3.63, 3.8) is 0 Å². The van der Waals surface area contributed by atoms with Crippen molar-refractivity contribution in [1.82, 2.24) is 9.97 Å². The number of hydrogen-bond acceptors (Lipinski definition) is 5. The van der Waals surface area contributed by atoms with Gasteiger partial charge in [-0.15, -0.1) is 0 Å². The van der Waals surface area contributed by atoms with Crippen molar-refractivity contribution in [3.8, 4) is 0 Å². The second-order valence-corrected chi connectivity index (χ2v) is 5.36. The quantitative estimate of drug-likeness (QED) is 0.808. The van der Waals surface area contributed by atoms with Gasteiger partial charge in [0.25, 0.3) is 0 Å². The summed E-state index contributed by atoms with van der Waals surface area (Å²) < 4.78 is 0. The number of nitrogens with one attached hydrogen (secondary N) is 1. The minimum atomic E-state index is 0.110. The molecule has 0 saturated heterocycles. The number of hydrogen-bond donors (Lipinski definition) is 2. The van der Waals surface area contributed by atoms with Crippen LogP contribution in [-0.4, -0.2) is 39.2 Å². The van der Waals surface area contributed by atoms with Crippen LogP contribution in [0, 0.1) is 13.8 Å². The fraction of sp³-hybridized carbons (Fsp3) is 0.636. The van der Waals surface area contributed by atoms with Gasteiger partial charge in [-0.05, 0) is 27.0 Å². The molecule has 0 radical (unpaired) electrons. The van der Waals surface area contributed by atoms with Gasteiger partial charge in [-0.3, -0.25) is 0 Å². The average molecular weight is 276 g/mol. The topological polar surface area (TPSA) is 58.0 Å². The molecule has 1 rings (SSSR count). The molecule has 0 aliphatic heterocycles. The Hall–Kier alpha value is -0.520. The predicted molar refractivity (Wildman–Crippen MR) is 74.0 cm³/mol. The van der Waals surface area contributed by atoms with Crippen LogP contribution in [0.1, 0.15) is 18.3 Å². The highest BCUT2D eigenvalue weighted by atomic mass is 35.5. The van der Waals surface area contributed by atoms with Crippen molar-refractivity contribution in [2.24, 2.45) is 0 Å². The number of nitrogens with zero attached hydrogens (tertiary/aromatic N) is 2. The SMILES string of the molecule is CSC(CO)C(C)Nc1nc(C)nc(Cl)c1C. The van der Waals surface area contributed by atoms with Gasteiger partial charge in [-0.25, -0.2) is 9.97 Å². The van der Waals surface area contributed by atoms with Gasteiger partial charge in [0.15, 0.2) is 0 Å². The summed E-state index contributed by atoms with van der Waals surface area (Å²) >= 11 is 7.63. The molecule has 2 unspecified atom stereocenters. The van der Waals surface area contributed by atoms with E-state index in [-0.39, 0.29) is 17.9 Å². The maximum Gasteiger partial charge on any atom is 0.137 e. The van der Waals surface area contributed by atoms with E-state index in [0.717, 1.165) is 11.4 Å². The van der Waals surface area contributed by atoms with E-state index in [1.807, 2.05) is 20.1 Å². The lowest BCUT2D eigenvalue weighted by Gasteiger charge is -2.23. The Morgan fingerprint density at radius 1 is 1.41 bits per heavy atom. The summed E-state index contributed by atoms with van der Waals surface area (Å²) in [6.07, 6.45) is 1.98. The molecule has 0 saturated carbocycles. The molecule has 17 heavy (non-hydrogen) atoms. The van der Waals surface area contributed by atoms with E-state index in [4.69, 9.17) is 11.6 Å². The number of halogens is 1. The van der Waals surface area contributed by atoms with Crippen molar-refractivity contribution in [2.45, 2.75) is 32.1 Å². The fourth-order valence-corrected chi connectivity index (χ4v) is 2.32. The third kappa shape index (κ3) is 3.72. The molecule has 2 N–H and O–H groups in total. The third-order valence-electron chi connectivity index (χ3n) is 2.60. The van der Waals surface area contributed by atoms with Crippen LogP contribution in [0.3, 0.4) is 0 Å². The van der Waals surface area contributed by atoms with Crippen LogP contribution >= 0.6 is 23.4 Å². The van der Waals surface area contributed by atoms with Gasteiger partial charge in [0.05, 0.1) is 6.61 Å². The molecular weight excluding hydrogens is 258 g/mol. The Balaban J connectivity index is 2.87. The molecule has 0 aliphatic rings. The first kappa shape index (κ1) is 14.5. The Labute approximate surface area is 111 Å². The summed E-state index contributed by atoms with van der Waals surface area (Å²) in [5.74, 6) is 1.38. The van der Waals surface area contributed by atoms with Crippen LogP contribution in [0.25, 0.3) is 0 Å². The zero-order valence-electron chi connectivity index (χ0n) is 10.5. The normalized spacial score (nSPS) is 14.5. The number of anilines is 1. The summed E-state index contributed by atoms with van der Waals surface area (Å²) in [7, 11) is 0. The summed E-state index contributed by atoms with van der Waals surface area (Å²) in [5.41, 5.74) is 0.835. The van der Waals surface area contributed by atoms with Crippen LogP contribution in [0.4, 0.5) is 5.82 Å². The number of aliphatic hydroxyl groups excluding tert-OH is 1. The Kier molecular flexibility index (Phi) is 5.49. The van der Waals surface area contributed by atoms with E-state index in [9.17, 15) is 5.11 Å². The standard InChI is InChI=1S/C11H18ClN3OS/c1-6-10(12)14-8(3)15-11(6)13-7(2)9(5-16)17-4/h7,9,16H,5H2,1-4H3,(H,13,14,15). The van der Waals surface area contributed by atoms with Crippen LogP contribution in [0.15, 0.2) is 0 Å². The zero-order chi connectivity index (χ0) is 13.0. The smallest absolute Gasteiger partial charge is 0.137 e. The summed E-state index contributed by atoms with van der Waals surface area (Å²) in [6, 6.07) is 0.110. The Morgan fingerprint density at radius 2 is 2.06 bits per heavy atom. The van der Waals surface area contributed by atoms with Gasteiger partial charge in [0, 0.05) is 16.9 Å². The number of aliphatic hydroxyl groups is 1. The van der Waals surface area contributed by atoms with E-state index in [1.54, 1.807) is 18.7 Å². The summed E-state index contributed by atoms with van der Waals surface area (Å²) in [5, 5.41) is 13.1. The molecule has 0 amide bonds. The van der Waals surface area contributed by atoms with E-state index in [2.05, 4.69) is 15.3 Å². The number of aryl methyl sites for hydroxylation is 1. The van der Waals surface area contributed by atoms with E-state index < -0.39 is 0 Å². The molecule has 6 heteroatoms. The minimum Gasteiger partial charge on any atom is -0.395 e. The molecular formula is C11H18ClN3OS. The van der Waals surface area contributed by atoms with Gasteiger partial charge < -0.3 is 10.4 Å².